The highest BCUT2D eigenvalue weighted by Gasteiger charge is 2.18. The minimum Gasteiger partial charge on any atom is -0.462 e. The van der Waals surface area contributed by atoms with Crippen LogP contribution < -0.4 is 10.3 Å². The molecule has 2 heterocycles. The summed E-state index contributed by atoms with van der Waals surface area (Å²) in [6, 6.07) is -2.83. The molecular formula is C19H21N4O2S+. The van der Waals surface area contributed by atoms with Gasteiger partial charge in [0.25, 0.3) is 0 Å². The van der Waals surface area contributed by atoms with Gasteiger partial charge in [0.15, 0.2) is 12.2 Å². The van der Waals surface area contributed by atoms with Gasteiger partial charge in [0.05, 0.1) is 29.5 Å². The maximum absolute atomic E-state index is 12.4. The lowest BCUT2D eigenvalue weighted by atomic mass is 10.2. The number of nitrogen functional groups attached to an aromatic ring is 1. The number of hydrogen-bond donors (Lipinski definition) is 1. The number of nitrogens with zero attached hydrogens (tertiary/aromatic N) is 3. The van der Waals surface area contributed by atoms with Crippen molar-refractivity contribution in [1.82, 2.24) is 9.97 Å². The number of rotatable bonds is 6. The predicted molar refractivity (Wildman–Crippen MR) is 100.0 cm³/mol. The fourth-order valence-corrected chi connectivity index (χ4v) is 3.30. The number of carbonyl (C=O) groups is 1. The highest BCUT2D eigenvalue weighted by molar-refractivity contribution is 7.09. The van der Waals surface area contributed by atoms with Gasteiger partial charge in [0, 0.05) is 19.5 Å². The smallest absolute Gasteiger partial charge is 0.338 e. The first-order chi connectivity index (χ1) is 14.6. The van der Waals surface area contributed by atoms with Crippen LogP contribution in [-0.2, 0) is 17.7 Å². The Labute approximate surface area is 163 Å². The summed E-state index contributed by atoms with van der Waals surface area (Å²) in [4.78, 5) is 21.7. The number of benzene rings is 1. The van der Waals surface area contributed by atoms with Crippen LogP contribution in [0.15, 0.2) is 41.9 Å². The monoisotopic (exact) mass is 374 g/mol. The minimum absolute atomic E-state index is 0.0120. The zero-order valence-corrected chi connectivity index (χ0v) is 15.2. The summed E-state index contributed by atoms with van der Waals surface area (Å²) in [5, 5.41) is 0. The lowest BCUT2D eigenvalue weighted by Gasteiger charge is -2.04. The second kappa shape index (κ2) is 8.05. The van der Waals surface area contributed by atoms with E-state index in [0.29, 0.717) is 24.6 Å². The highest BCUT2D eigenvalue weighted by atomic mass is 32.1. The average Bonchev–Trinajstić information content (AvgIpc) is 3.06. The van der Waals surface area contributed by atoms with Crippen molar-refractivity contribution >= 4 is 23.1 Å². The summed E-state index contributed by atoms with van der Waals surface area (Å²) >= 11 is 1.50. The molecule has 0 spiro atoms. The molecule has 0 radical (unpaired) electrons. The molecule has 26 heavy (non-hydrogen) atoms. The van der Waals surface area contributed by atoms with Gasteiger partial charge in [-0.25, -0.2) is 14.8 Å². The zero-order valence-electron chi connectivity index (χ0n) is 19.4. The van der Waals surface area contributed by atoms with Crippen molar-refractivity contribution in [3.63, 3.8) is 0 Å². The third-order valence-corrected chi connectivity index (χ3v) is 4.93. The van der Waals surface area contributed by atoms with Crippen molar-refractivity contribution in [2.45, 2.75) is 26.8 Å². The zero-order chi connectivity index (χ0) is 22.9. The Morgan fingerprint density at radius 3 is 2.85 bits per heavy atom. The van der Waals surface area contributed by atoms with Crippen LogP contribution in [0.1, 0.15) is 39.2 Å². The number of ether oxygens (including phenoxy) is 1. The fraction of sp³-hybridized carbons (Fsp3) is 0.263. The first kappa shape index (κ1) is 12.5. The number of esters is 1. The Balaban J connectivity index is 1.68. The largest absolute Gasteiger partial charge is 0.462 e. The van der Waals surface area contributed by atoms with Gasteiger partial charge in [0.2, 0.25) is 5.51 Å². The fourth-order valence-electron chi connectivity index (χ4n) is 2.33. The van der Waals surface area contributed by atoms with E-state index in [4.69, 9.17) is 17.3 Å². The molecule has 7 heteroatoms. The molecule has 3 rings (SSSR count). The normalized spacial score (nSPS) is 13.4. The molecule has 0 aliphatic carbocycles. The van der Waals surface area contributed by atoms with Crippen LogP contribution in [-0.4, -0.2) is 22.5 Å². The molecule has 0 saturated heterocycles. The van der Waals surface area contributed by atoms with Crippen molar-refractivity contribution in [3.05, 3.63) is 69.4 Å². The number of aromatic nitrogens is 3. The number of nitrogens with two attached hydrogens (primary N) is 1. The van der Waals surface area contributed by atoms with Gasteiger partial charge in [-0.2, -0.15) is 4.57 Å². The molecule has 6 nitrogen and oxygen atoms in total. The van der Waals surface area contributed by atoms with Gasteiger partial charge in [-0.05, 0) is 19.0 Å². The van der Waals surface area contributed by atoms with Crippen LogP contribution in [0.3, 0.4) is 0 Å². The molecule has 0 aliphatic rings. The quantitative estimate of drug-likeness (QED) is 0.529. The molecule has 0 atom stereocenters. The van der Waals surface area contributed by atoms with Crippen LogP contribution in [0.4, 0.5) is 5.82 Å². The third kappa shape index (κ3) is 4.23. The molecule has 134 valence electrons. The molecule has 0 fully saturated rings. The van der Waals surface area contributed by atoms with Crippen LogP contribution in [0.2, 0.25) is 0 Å². The lowest BCUT2D eigenvalue weighted by molar-refractivity contribution is -0.689. The summed E-state index contributed by atoms with van der Waals surface area (Å²) in [6.45, 7) is 4.23. The Kier molecular flexibility index (Phi) is 3.88. The van der Waals surface area contributed by atoms with E-state index < -0.39 is 41.7 Å². The van der Waals surface area contributed by atoms with E-state index in [-0.39, 0.29) is 6.61 Å². The van der Waals surface area contributed by atoms with E-state index in [1.54, 1.807) is 13.1 Å². The summed E-state index contributed by atoms with van der Waals surface area (Å²) in [7, 11) is 0. The van der Waals surface area contributed by atoms with Gasteiger partial charge in [0.1, 0.15) is 11.6 Å². The minimum atomic E-state index is -0.941. The van der Waals surface area contributed by atoms with Crippen molar-refractivity contribution in [3.8, 4) is 0 Å². The number of aryl methyl sites for hydroxylation is 1. The number of thiazole rings is 1. The number of carbonyl (C=O) groups excluding carboxylic acids is 1. The van der Waals surface area contributed by atoms with Crippen LogP contribution in [0, 0.1) is 13.8 Å². The Morgan fingerprint density at radius 2 is 2.12 bits per heavy atom. The summed E-state index contributed by atoms with van der Waals surface area (Å²) in [5.74, 6) is 0.0956. The van der Waals surface area contributed by atoms with Crippen molar-refractivity contribution in [2.75, 3.05) is 12.3 Å². The molecule has 0 saturated carbocycles. The van der Waals surface area contributed by atoms with Crippen LogP contribution in [0.5, 0.6) is 0 Å². The Morgan fingerprint density at radius 1 is 1.35 bits per heavy atom. The summed E-state index contributed by atoms with van der Waals surface area (Å²) in [5.41, 5.74) is 9.21. The van der Waals surface area contributed by atoms with Gasteiger partial charge in [-0.1, -0.05) is 29.5 Å². The topological polar surface area (TPSA) is 82.0 Å². The standard InChI is InChI=1S/C19H21N4O2S/c1-13-17(8-9-25-19(24)15-6-4-3-5-7-15)26-12-23(13)11-16-10-21-14(2)22-18(16)20/h3-7,10,12H,8-9,11H2,1-2H3,(H2,20,21,22)/q+1/i3D,4D,5D,6D,7D. The van der Waals surface area contributed by atoms with E-state index in [1.807, 2.05) is 17.0 Å². The summed E-state index contributed by atoms with van der Waals surface area (Å²) < 4.78 is 45.8. The van der Waals surface area contributed by atoms with Crippen LogP contribution in [0.25, 0.3) is 0 Å². The van der Waals surface area contributed by atoms with E-state index in [2.05, 4.69) is 9.97 Å². The SMILES string of the molecule is [2H]c1c([2H])c([2H])c(C(=O)OCCc2sc[n+](Cc3cnc(C)nc3N)c2C)c([2H])c1[2H]. The Bertz CT molecular complexity index is 1140. The third-order valence-electron chi connectivity index (χ3n) is 3.78. The Hall–Kier alpha value is -2.80. The maximum Gasteiger partial charge on any atom is 0.338 e. The van der Waals surface area contributed by atoms with Crippen molar-refractivity contribution < 1.29 is 21.0 Å². The van der Waals surface area contributed by atoms with Crippen LogP contribution >= 0.6 is 11.3 Å². The first-order valence-electron chi connectivity index (χ1n) is 10.4. The highest BCUT2D eigenvalue weighted by Crippen LogP contribution is 2.14. The molecule has 0 aliphatic heterocycles. The van der Waals surface area contributed by atoms with E-state index in [9.17, 15) is 4.79 Å². The van der Waals surface area contributed by atoms with E-state index in [0.717, 1.165) is 16.1 Å². The van der Waals surface area contributed by atoms with Crippen molar-refractivity contribution in [2.24, 2.45) is 0 Å². The van der Waals surface area contributed by atoms with Crippen molar-refractivity contribution in [1.29, 1.82) is 0 Å². The molecule has 3 aromatic rings. The molecule has 2 N–H and O–H groups in total. The molecular weight excluding hydrogens is 348 g/mol. The summed E-state index contributed by atoms with van der Waals surface area (Å²) in [6.07, 6.45) is 2.12. The average molecular weight is 375 g/mol. The second-order valence-corrected chi connectivity index (χ2v) is 6.51. The van der Waals surface area contributed by atoms with E-state index >= 15 is 0 Å². The van der Waals surface area contributed by atoms with Gasteiger partial charge in [-0.15, -0.1) is 0 Å². The predicted octanol–water partition coefficient (Wildman–Crippen LogP) is 2.47. The molecule has 1 aromatic carbocycles. The number of hydrogen-bond acceptors (Lipinski definition) is 6. The van der Waals surface area contributed by atoms with Gasteiger partial charge >= 0.3 is 5.97 Å². The number of anilines is 1. The van der Waals surface area contributed by atoms with Gasteiger partial charge in [-0.3, -0.25) is 0 Å². The lowest BCUT2D eigenvalue weighted by Crippen LogP contribution is -2.35. The molecule has 2 aromatic heterocycles. The maximum atomic E-state index is 12.4. The second-order valence-electron chi connectivity index (χ2n) is 5.57. The molecule has 0 bridgehead atoms. The molecule has 0 amide bonds. The van der Waals surface area contributed by atoms with E-state index in [1.165, 1.54) is 11.3 Å². The first-order valence-corrected chi connectivity index (χ1v) is 8.78. The van der Waals surface area contributed by atoms with Gasteiger partial charge < -0.3 is 10.5 Å². The molecule has 0 unspecified atom stereocenters.